The summed E-state index contributed by atoms with van der Waals surface area (Å²) in [5.41, 5.74) is 2.06. The zero-order valence-electron chi connectivity index (χ0n) is 13.9. The molecule has 0 spiro atoms. The number of urea groups is 1. The minimum atomic E-state index is -0.235. The molecule has 0 aliphatic rings. The Balaban J connectivity index is 1.79. The van der Waals surface area contributed by atoms with E-state index in [0.29, 0.717) is 19.7 Å². The molecular formula is C19H24N2O3. The Labute approximate surface area is 142 Å². The summed E-state index contributed by atoms with van der Waals surface area (Å²) in [6.07, 6.45) is 0. The smallest absolute Gasteiger partial charge is 0.315 e. The van der Waals surface area contributed by atoms with E-state index in [1.165, 1.54) is 0 Å². The number of rotatable bonds is 8. The Bertz CT molecular complexity index is 632. The first-order valence-electron chi connectivity index (χ1n) is 8.05. The van der Waals surface area contributed by atoms with Crippen LogP contribution < -0.4 is 15.4 Å². The lowest BCUT2D eigenvalue weighted by Gasteiger charge is -2.11. The monoisotopic (exact) mass is 328 g/mol. The molecule has 128 valence electrons. The molecule has 0 saturated heterocycles. The van der Waals surface area contributed by atoms with Gasteiger partial charge in [-0.15, -0.1) is 0 Å². The van der Waals surface area contributed by atoms with Crippen LogP contribution in [0.5, 0.6) is 5.75 Å². The van der Waals surface area contributed by atoms with Gasteiger partial charge in [-0.05, 0) is 29.2 Å². The van der Waals surface area contributed by atoms with E-state index in [9.17, 15) is 4.79 Å². The van der Waals surface area contributed by atoms with E-state index in [1.807, 2.05) is 61.5 Å². The highest BCUT2D eigenvalue weighted by atomic mass is 16.5. The topological polar surface area (TPSA) is 70.6 Å². The zero-order valence-corrected chi connectivity index (χ0v) is 13.9. The fraction of sp³-hybridized carbons (Fsp3) is 0.316. The molecule has 3 N–H and O–H groups in total. The van der Waals surface area contributed by atoms with Crippen LogP contribution in [0.4, 0.5) is 4.79 Å². The second kappa shape index (κ2) is 9.57. The van der Waals surface area contributed by atoms with Crippen LogP contribution in [0.1, 0.15) is 18.1 Å². The third-order valence-corrected chi connectivity index (χ3v) is 3.52. The minimum Gasteiger partial charge on any atom is -0.489 e. The van der Waals surface area contributed by atoms with E-state index in [1.54, 1.807) is 0 Å². The highest BCUT2D eigenvalue weighted by Crippen LogP contribution is 2.12. The number of hydrogen-bond donors (Lipinski definition) is 3. The summed E-state index contributed by atoms with van der Waals surface area (Å²) in [6, 6.07) is 17.3. The van der Waals surface area contributed by atoms with E-state index < -0.39 is 0 Å². The first-order chi connectivity index (χ1) is 11.7. The highest BCUT2D eigenvalue weighted by molar-refractivity contribution is 5.73. The SMILES string of the molecule is CC(CO)CNC(=O)NCc1cccc(COc2ccccc2)c1. The molecule has 2 rings (SSSR count). The van der Waals surface area contributed by atoms with Crippen LogP contribution in [0, 0.1) is 5.92 Å². The van der Waals surface area contributed by atoms with E-state index in [0.717, 1.165) is 16.9 Å². The van der Waals surface area contributed by atoms with E-state index in [2.05, 4.69) is 10.6 Å². The molecule has 0 radical (unpaired) electrons. The predicted molar refractivity (Wildman–Crippen MR) is 93.7 cm³/mol. The van der Waals surface area contributed by atoms with Crippen molar-refractivity contribution in [3.8, 4) is 5.75 Å². The molecule has 0 aliphatic heterocycles. The summed E-state index contributed by atoms with van der Waals surface area (Å²) in [7, 11) is 0. The maximum Gasteiger partial charge on any atom is 0.315 e. The number of carbonyl (C=O) groups excluding carboxylic acids is 1. The van der Waals surface area contributed by atoms with Crippen LogP contribution in [-0.4, -0.2) is 24.3 Å². The van der Waals surface area contributed by atoms with Gasteiger partial charge in [0.1, 0.15) is 12.4 Å². The van der Waals surface area contributed by atoms with E-state index >= 15 is 0 Å². The molecular weight excluding hydrogens is 304 g/mol. The molecule has 1 unspecified atom stereocenters. The molecule has 5 nitrogen and oxygen atoms in total. The van der Waals surface area contributed by atoms with Gasteiger partial charge in [-0.1, -0.05) is 49.4 Å². The quantitative estimate of drug-likeness (QED) is 0.698. The number of aliphatic hydroxyl groups is 1. The standard InChI is InChI=1S/C19H24N2O3/c1-15(13-22)11-20-19(23)21-12-16-6-5-7-17(10-16)14-24-18-8-3-2-4-9-18/h2-10,15,22H,11-14H2,1H3,(H2,20,21,23). The van der Waals surface area contributed by atoms with Crippen molar-refractivity contribution in [2.24, 2.45) is 5.92 Å². The number of hydrogen-bond acceptors (Lipinski definition) is 3. The summed E-state index contributed by atoms with van der Waals surface area (Å²) in [4.78, 5) is 11.7. The van der Waals surface area contributed by atoms with Crippen LogP contribution >= 0.6 is 0 Å². The van der Waals surface area contributed by atoms with Crippen molar-refractivity contribution in [1.82, 2.24) is 10.6 Å². The Morgan fingerprint density at radius 1 is 1.08 bits per heavy atom. The summed E-state index contributed by atoms with van der Waals surface area (Å²) in [5.74, 6) is 0.882. The van der Waals surface area contributed by atoms with Gasteiger partial charge < -0.3 is 20.5 Å². The van der Waals surface area contributed by atoms with Gasteiger partial charge in [0, 0.05) is 19.7 Å². The normalized spacial score (nSPS) is 11.6. The fourth-order valence-electron chi connectivity index (χ4n) is 2.09. The van der Waals surface area contributed by atoms with Crippen molar-refractivity contribution >= 4 is 6.03 Å². The molecule has 0 aliphatic carbocycles. The lowest BCUT2D eigenvalue weighted by atomic mass is 10.1. The van der Waals surface area contributed by atoms with Gasteiger partial charge in [0.25, 0.3) is 0 Å². The van der Waals surface area contributed by atoms with Crippen molar-refractivity contribution in [2.75, 3.05) is 13.2 Å². The van der Waals surface area contributed by atoms with Crippen LogP contribution in [0.25, 0.3) is 0 Å². The Hall–Kier alpha value is -2.53. The number of nitrogens with one attached hydrogen (secondary N) is 2. The molecule has 0 fully saturated rings. The second-order valence-electron chi connectivity index (χ2n) is 5.77. The number of amides is 2. The van der Waals surface area contributed by atoms with Gasteiger partial charge in [0.2, 0.25) is 0 Å². The number of carbonyl (C=O) groups is 1. The van der Waals surface area contributed by atoms with Crippen LogP contribution in [0.3, 0.4) is 0 Å². The van der Waals surface area contributed by atoms with Gasteiger partial charge in [-0.3, -0.25) is 0 Å². The molecule has 0 bridgehead atoms. The van der Waals surface area contributed by atoms with E-state index in [-0.39, 0.29) is 18.6 Å². The van der Waals surface area contributed by atoms with Gasteiger partial charge in [-0.2, -0.15) is 0 Å². The third kappa shape index (κ3) is 6.30. The summed E-state index contributed by atoms with van der Waals surface area (Å²) in [6.45, 7) is 3.31. The maximum atomic E-state index is 11.7. The first kappa shape index (κ1) is 17.8. The van der Waals surface area contributed by atoms with Crippen LogP contribution in [-0.2, 0) is 13.2 Å². The molecule has 5 heteroatoms. The van der Waals surface area contributed by atoms with Crippen molar-refractivity contribution in [2.45, 2.75) is 20.1 Å². The molecule has 24 heavy (non-hydrogen) atoms. The van der Waals surface area contributed by atoms with Crippen molar-refractivity contribution < 1.29 is 14.6 Å². The molecule has 1 atom stereocenters. The summed E-state index contributed by atoms with van der Waals surface area (Å²) < 4.78 is 5.73. The molecule has 2 aromatic carbocycles. The molecule has 0 heterocycles. The first-order valence-corrected chi connectivity index (χ1v) is 8.05. The Morgan fingerprint density at radius 3 is 2.58 bits per heavy atom. The largest absolute Gasteiger partial charge is 0.489 e. The van der Waals surface area contributed by atoms with Crippen molar-refractivity contribution in [3.05, 3.63) is 65.7 Å². The van der Waals surface area contributed by atoms with Crippen molar-refractivity contribution in [1.29, 1.82) is 0 Å². The molecule has 0 aromatic heterocycles. The third-order valence-electron chi connectivity index (χ3n) is 3.52. The number of benzene rings is 2. The number of para-hydroxylation sites is 1. The minimum absolute atomic E-state index is 0.0502. The lowest BCUT2D eigenvalue weighted by Crippen LogP contribution is -2.38. The Kier molecular flexibility index (Phi) is 7.11. The lowest BCUT2D eigenvalue weighted by molar-refractivity contribution is 0.222. The second-order valence-corrected chi connectivity index (χ2v) is 5.77. The molecule has 2 amide bonds. The van der Waals surface area contributed by atoms with E-state index in [4.69, 9.17) is 9.84 Å². The number of ether oxygens (including phenoxy) is 1. The van der Waals surface area contributed by atoms with Gasteiger partial charge in [0.15, 0.2) is 0 Å². The maximum absolute atomic E-state index is 11.7. The van der Waals surface area contributed by atoms with Crippen LogP contribution in [0.2, 0.25) is 0 Å². The highest BCUT2D eigenvalue weighted by Gasteiger charge is 2.04. The fourth-order valence-corrected chi connectivity index (χ4v) is 2.09. The van der Waals surface area contributed by atoms with Crippen molar-refractivity contribution in [3.63, 3.8) is 0 Å². The average Bonchev–Trinajstić information content (AvgIpc) is 2.64. The molecule has 0 saturated carbocycles. The number of aliphatic hydroxyl groups excluding tert-OH is 1. The van der Waals surface area contributed by atoms with Gasteiger partial charge in [0.05, 0.1) is 0 Å². The summed E-state index contributed by atoms with van der Waals surface area (Å²) in [5, 5.41) is 14.5. The predicted octanol–water partition coefficient (Wildman–Crippen LogP) is 2.69. The average molecular weight is 328 g/mol. The molecule has 2 aromatic rings. The van der Waals surface area contributed by atoms with Gasteiger partial charge >= 0.3 is 6.03 Å². The Morgan fingerprint density at radius 2 is 1.83 bits per heavy atom. The van der Waals surface area contributed by atoms with Gasteiger partial charge in [-0.25, -0.2) is 4.79 Å². The summed E-state index contributed by atoms with van der Waals surface area (Å²) >= 11 is 0. The van der Waals surface area contributed by atoms with Crippen LogP contribution in [0.15, 0.2) is 54.6 Å². The zero-order chi connectivity index (χ0) is 17.2.